The fraction of sp³-hybridized carbons (Fsp3) is 0.389. The molecule has 5 nitrogen and oxygen atoms in total. The van der Waals surface area contributed by atoms with Crippen LogP contribution in [0.25, 0.3) is 0 Å². The van der Waals surface area contributed by atoms with E-state index in [1.54, 1.807) is 0 Å². The Labute approximate surface area is 150 Å². The van der Waals surface area contributed by atoms with Gasteiger partial charge in [0.2, 0.25) is 0 Å². The van der Waals surface area contributed by atoms with Crippen molar-refractivity contribution in [3.63, 3.8) is 0 Å². The fourth-order valence-electron chi connectivity index (χ4n) is 2.87. The maximum atomic E-state index is 9.45. The monoisotopic (exact) mass is 386 g/mol. The van der Waals surface area contributed by atoms with Gasteiger partial charge in [0.25, 0.3) is 0 Å². The number of hydrogen-bond acceptors (Lipinski definition) is 5. The lowest BCUT2D eigenvalue weighted by atomic mass is 10.1. The van der Waals surface area contributed by atoms with Crippen LogP contribution < -0.4 is 9.64 Å². The van der Waals surface area contributed by atoms with Gasteiger partial charge in [0.15, 0.2) is 5.82 Å². The van der Waals surface area contributed by atoms with E-state index in [2.05, 4.69) is 37.1 Å². The maximum Gasteiger partial charge on any atom is 0.169 e. The Balaban J connectivity index is 1.68. The third kappa shape index (κ3) is 3.51. The van der Waals surface area contributed by atoms with Crippen molar-refractivity contribution < 1.29 is 4.74 Å². The van der Waals surface area contributed by atoms with Crippen LogP contribution in [0.2, 0.25) is 0 Å². The van der Waals surface area contributed by atoms with Crippen molar-refractivity contribution in [1.82, 2.24) is 10.2 Å². The van der Waals surface area contributed by atoms with E-state index in [9.17, 15) is 5.26 Å². The van der Waals surface area contributed by atoms with E-state index < -0.39 is 0 Å². The van der Waals surface area contributed by atoms with Crippen LogP contribution in [-0.2, 0) is 0 Å². The highest BCUT2D eigenvalue weighted by atomic mass is 79.9. The normalized spacial score (nSPS) is 15.2. The van der Waals surface area contributed by atoms with Crippen molar-refractivity contribution in [2.24, 2.45) is 0 Å². The highest BCUT2D eigenvalue weighted by molar-refractivity contribution is 9.10. The summed E-state index contributed by atoms with van der Waals surface area (Å²) in [6.07, 6.45) is 1.97. The molecule has 24 heavy (non-hydrogen) atoms. The average Bonchev–Trinajstić information content (AvgIpc) is 2.58. The minimum atomic E-state index is 0.181. The van der Waals surface area contributed by atoms with Crippen LogP contribution in [0, 0.1) is 25.2 Å². The van der Waals surface area contributed by atoms with Crippen LogP contribution in [0.1, 0.15) is 29.7 Å². The molecule has 2 heterocycles. The minimum absolute atomic E-state index is 0.181. The third-order valence-corrected chi connectivity index (χ3v) is 4.88. The van der Waals surface area contributed by atoms with Gasteiger partial charge in [-0.3, -0.25) is 0 Å². The van der Waals surface area contributed by atoms with E-state index in [1.807, 2.05) is 38.1 Å². The van der Waals surface area contributed by atoms with E-state index in [4.69, 9.17) is 4.74 Å². The highest BCUT2D eigenvalue weighted by Crippen LogP contribution is 2.27. The van der Waals surface area contributed by atoms with Crippen LogP contribution in [0.3, 0.4) is 0 Å². The molecular weight excluding hydrogens is 368 g/mol. The average molecular weight is 387 g/mol. The Kier molecular flexibility index (Phi) is 5.00. The SMILES string of the molecule is Cc1nnc(N2CCC(Oc3cccc(Br)c3)CC2)c(C#N)c1C. The second-order valence-electron chi connectivity index (χ2n) is 5.98. The first-order chi connectivity index (χ1) is 11.6. The summed E-state index contributed by atoms with van der Waals surface area (Å²) in [5.41, 5.74) is 2.35. The zero-order chi connectivity index (χ0) is 17.1. The summed E-state index contributed by atoms with van der Waals surface area (Å²) in [6.45, 7) is 5.43. The molecule has 0 radical (unpaired) electrons. The molecule has 0 spiro atoms. The standard InChI is InChI=1S/C18H19BrN4O/c1-12-13(2)21-22-18(17(12)11-20)23-8-6-15(7-9-23)24-16-5-3-4-14(19)10-16/h3-5,10,15H,6-9H2,1-2H3. The predicted octanol–water partition coefficient (Wildman–Crippen LogP) is 3.78. The summed E-state index contributed by atoms with van der Waals surface area (Å²) in [4.78, 5) is 2.14. The van der Waals surface area contributed by atoms with E-state index in [0.29, 0.717) is 11.4 Å². The van der Waals surface area contributed by atoms with Gasteiger partial charge < -0.3 is 9.64 Å². The Hall–Kier alpha value is -2.13. The quantitative estimate of drug-likeness (QED) is 0.802. The molecule has 1 aromatic carbocycles. The number of ether oxygens (including phenoxy) is 1. The van der Waals surface area contributed by atoms with Gasteiger partial charge in [0.05, 0.1) is 5.69 Å². The van der Waals surface area contributed by atoms with E-state index in [1.165, 1.54) is 0 Å². The van der Waals surface area contributed by atoms with E-state index in [0.717, 1.165) is 47.4 Å². The number of piperidine rings is 1. The summed E-state index contributed by atoms with van der Waals surface area (Å²) in [5.74, 6) is 1.58. The first kappa shape index (κ1) is 16.7. The molecule has 6 heteroatoms. The largest absolute Gasteiger partial charge is 0.490 e. The van der Waals surface area contributed by atoms with Crippen LogP contribution in [-0.4, -0.2) is 29.4 Å². The Morgan fingerprint density at radius 3 is 2.67 bits per heavy atom. The van der Waals surface area contributed by atoms with Gasteiger partial charge in [-0.2, -0.15) is 10.4 Å². The number of nitrogens with zero attached hydrogens (tertiary/aromatic N) is 4. The van der Waals surface area contributed by atoms with E-state index in [-0.39, 0.29) is 6.10 Å². The molecule has 0 unspecified atom stereocenters. The van der Waals surface area contributed by atoms with Gasteiger partial charge in [0.1, 0.15) is 23.5 Å². The topological polar surface area (TPSA) is 62.0 Å². The summed E-state index contributed by atoms with van der Waals surface area (Å²) >= 11 is 3.46. The predicted molar refractivity (Wildman–Crippen MR) is 96.2 cm³/mol. The number of hydrogen-bond donors (Lipinski definition) is 0. The summed E-state index contributed by atoms with van der Waals surface area (Å²) < 4.78 is 7.08. The number of rotatable bonds is 3. The number of benzene rings is 1. The lowest BCUT2D eigenvalue weighted by Crippen LogP contribution is -2.39. The number of nitriles is 1. The molecule has 1 aliphatic rings. The molecule has 1 aliphatic heterocycles. The maximum absolute atomic E-state index is 9.45. The molecule has 124 valence electrons. The van der Waals surface area contributed by atoms with Crippen LogP contribution >= 0.6 is 15.9 Å². The van der Waals surface area contributed by atoms with Gasteiger partial charge in [-0.1, -0.05) is 22.0 Å². The van der Waals surface area contributed by atoms with Crippen molar-refractivity contribution in [3.8, 4) is 11.8 Å². The summed E-state index contributed by atoms with van der Waals surface area (Å²) in [7, 11) is 0. The molecule has 0 amide bonds. The van der Waals surface area contributed by atoms with Gasteiger partial charge >= 0.3 is 0 Å². The Morgan fingerprint density at radius 2 is 2.00 bits per heavy atom. The fourth-order valence-corrected chi connectivity index (χ4v) is 3.25. The van der Waals surface area contributed by atoms with Gasteiger partial charge in [-0.05, 0) is 37.6 Å². The molecule has 1 fully saturated rings. The lowest BCUT2D eigenvalue weighted by Gasteiger charge is -2.33. The second-order valence-corrected chi connectivity index (χ2v) is 6.90. The first-order valence-electron chi connectivity index (χ1n) is 7.99. The molecule has 1 aromatic heterocycles. The van der Waals surface area contributed by atoms with Crippen LogP contribution in [0.15, 0.2) is 28.7 Å². The summed E-state index contributed by atoms with van der Waals surface area (Å²) in [6, 6.07) is 10.2. The summed E-state index contributed by atoms with van der Waals surface area (Å²) in [5, 5.41) is 17.9. The van der Waals surface area contributed by atoms with Crippen molar-refractivity contribution in [1.29, 1.82) is 5.26 Å². The van der Waals surface area contributed by atoms with Gasteiger partial charge in [-0.25, -0.2) is 0 Å². The molecule has 0 aliphatic carbocycles. The Morgan fingerprint density at radius 1 is 1.25 bits per heavy atom. The van der Waals surface area contributed by atoms with Crippen molar-refractivity contribution in [2.75, 3.05) is 18.0 Å². The van der Waals surface area contributed by atoms with Crippen LogP contribution in [0.4, 0.5) is 5.82 Å². The number of halogens is 1. The molecule has 0 N–H and O–H groups in total. The highest BCUT2D eigenvalue weighted by Gasteiger charge is 2.24. The van der Waals surface area contributed by atoms with Crippen molar-refractivity contribution >= 4 is 21.7 Å². The van der Waals surface area contributed by atoms with Crippen LogP contribution in [0.5, 0.6) is 5.75 Å². The van der Waals surface area contributed by atoms with Crippen molar-refractivity contribution in [2.45, 2.75) is 32.8 Å². The molecule has 3 rings (SSSR count). The van der Waals surface area contributed by atoms with Crippen molar-refractivity contribution in [3.05, 3.63) is 45.6 Å². The zero-order valence-corrected chi connectivity index (χ0v) is 15.4. The first-order valence-corrected chi connectivity index (χ1v) is 8.79. The van der Waals surface area contributed by atoms with Gasteiger partial charge in [0, 0.05) is 30.4 Å². The molecule has 0 saturated carbocycles. The molecule has 1 saturated heterocycles. The number of aryl methyl sites for hydroxylation is 1. The number of aromatic nitrogens is 2. The second kappa shape index (κ2) is 7.18. The molecule has 0 atom stereocenters. The van der Waals surface area contributed by atoms with Gasteiger partial charge in [-0.15, -0.1) is 5.10 Å². The molecule has 0 bridgehead atoms. The minimum Gasteiger partial charge on any atom is -0.490 e. The lowest BCUT2D eigenvalue weighted by molar-refractivity contribution is 0.170. The zero-order valence-electron chi connectivity index (χ0n) is 13.8. The Bertz CT molecular complexity index is 779. The molecular formula is C18H19BrN4O. The molecule has 2 aromatic rings. The smallest absolute Gasteiger partial charge is 0.169 e. The third-order valence-electron chi connectivity index (χ3n) is 4.39. The van der Waals surface area contributed by atoms with E-state index >= 15 is 0 Å². The number of anilines is 1.